The Balaban J connectivity index is 1.50. The molecule has 2 aromatic rings. The molecule has 5 heteroatoms. The second-order valence-electron chi connectivity index (χ2n) is 6.28. The molecule has 110 valence electrons. The molecule has 2 fully saturated rings. The van der Waals surface area contributed by atoms with Crippen molar-refractivity contribution in [3.8, 4) is 0 Å². The number of amides is 1. The van der Waals surface area contributed by atoms with Gasteiger partial charge in [-0.3, -0.25) is 4.79 Å². The Morgan fingerprint density at radius 2 is 2.33 bits per heavy atom. The number of piperidine rings is 1. The second-order valence-corrected chi connectivity index (χ2v) is 6.28. The van der Waals surface area contributed by atoms with Crippen molar-refractivity contribution < 1.29 is 9.21 Å². The molecule has 1 amide bonds. The van der Waals surface area contributed by atoms with Crippen LogP contribution in [0.2, 0.25) is 0 Å². The number of rotatable bonds is 2. The highest BCUT2D eigenvalue weighted by Gasteiger charge is 2.33. The van der Waals surface area contributed by atoms with E-state index in [1.165, 1.54) is 19.5 Å². The monoisotopic (exact) mass is 285 g/mol. The van der Waals surface area contributed by atoms with Gasteiger partial charge in [-0.05, 0) is 44.4 Å². The summed E-state index contributed by atoms with van der Waals surface area (Å²) >= 11 is 0. The van der Waals surface area contributed by atoms with E-state index in [4.69, 9.17) is 4.42 Å². The highest BCUT2D eigenvalue weighted by molar-refractivity contribution is 5.95. The van der Waals surface area contributed by atoms with E-state index in [1.54, 1.807) is 12.3 Å². The first-order valence-corrected chi connectivity index (χ1v) is 7.57. The van der Waals surface area contributed by atoms with Gasteiger partial charge in [-0.2, -0.15) is 0 Å². The first kappa shape index (κ1) is 12.8. The summed E-state index contributed by atoms with van der Waals surface area (Å²) in [5.41, 5.74) is 1.20. The van der Waals surface area contributed by atoms with Crippen LogP contribution in [0.4, 0.5) is 0 Å². The van der Waals surface area contributed by atoms with Gasteiger partial charge in [0.05, 0.1) is 6.20 Å². The molecule has 2 bridgehead atoms. The van der Waals surface area contributed by atoms with Crippen molar-refractivity contribution in [1.82, 2.24) is 15.2 Å². The van der Waals surface area contributed by atoms with Gasteiger partial charge in [0.25, 0.3) is 5.91 Å². The van der Waals surface area contributed by atoms with Crippen molar-refractivity contribution in [3.63, 3.8) is 0 Å². The molecule has 4 rings (SSSR count). The van der Waals surface area contributed by atoms with Crippen LogP contribution < -0.4 is 5.32 Å². The van der Waals surface area contributed by atoms with Crippen molar-refractivity contribution in [2.45, 2.75) is 25.8 Å². The van der Waals surface area contributed by atoms with Gasteiger partial charge in [0.1, 0.15) is 11.5 Å². The Kier molecular flexibility index (Phi) is 2.96. The zero-order chi connectivity index (χ0) is 14.4. The molecule has 5 nitrogen and oxygen atoms in total. The van der Waals surface area contributed by atoms with Crippen LogP contribution in [0.15, 0.2) is 22.7 Å². The highest BCUT2D eigenvalue weighted by Crippen LogP contribution is 2.27. The molecule has 3 atom stereocenters. The van der Waals surface area contributed by atoms with E-state index in [9.17, 15) is 4.79 Å². The largest absolute Gasteiger partial charge is 0.460 e. The quantitative estimate of drug-likeness (QED) is 0.916. The lowest BCUT2D eigenvalue weighted by atomic mass is 9.97. The fourth-order valence-electron chi connectivity index (χ4n) is 3.63. The normalized spacial score (nSPS) is 28.0. The molecule has 1 N–H and O–H groups in total. The minimum Gasteiger partial charge on any atom is -0.460 e. The molecule has 0 saturated carbocycles. The van der Waals surface area contributed by atoms with Crippen molar-refractivity contribution in [3.05, 3.63) is 29.8 Å². The summed E-state index contributed by atoms with van der Waals surface area (Å²) in [6.07, 6.45) is 3.99. The summed E-state index contributed by atoms with van der Waals surface area (Å²) in [6.45, 7) is 5.24. The van der Waals surface area contributed by atoms with Crippen molar-refractivity contribution >= 4 is 16.9 Å². The Morgan fingerprint density at radius 1 is 1.43 bits per heavy atom. The minimum absolute atomic E-state index is 0.0803. The molecule has 2 aliphatic heterocycles. The number of hydrogen-bond acceptors (Lipinski definition) is 4. The summed E-state index contributed by atoms with van der Waals surface area (Å²) in [6, 6.07) is 3.99. The SMILES string of the molecule is Cc1cc2cc(C(=O)N[C@@H]3C[C@@H]4CCN(C4)C3)ncc2o1. The summed E-state index contributed by atoms with van der Waals surface area (Å²) in [4.78, 5) is 19.0. The molecule has 2 aliphatic rings. The van der Waals surface area contributed by atoms with E-state index in [1.807, 2.05) is 13.0 Å². The fraction of sp³-hybridized carbons (Fsp3) is 0.500. The third-order valence-electron chi connectivity index (χ3n) is 4.56. The number of hydrogen-bond donors (Lipinski definition) is 1. The molecule has 1 unspecified atom stereocenters. The van der Waals surface area contributed by atoms with Gasteiger partial charge in [-0.15, -0.1) is 0 Å². The number of nitrogens with zero attached hydrogens (tertiary/aromatic N) is 2. The first-order chi connectivity index (χ1) is 10.2. The zero-order valence-electron chi connectivity index (χ0n) is 12.1. The third kappa shape index (κ3) is 2.42. The van der Waals surface area contributed by atoms with Crippen molar-refractivity contribution in [2.75, 3.05) is 19.6 Å². The molecule has 0 radical (unpaired) electrons. The van der Waals surface area contributed by atoms with Crippen LogP contribution >= 0.6 is 0 Å². The highest BCUT2D eigenvalue weighted by atomic mass is 16.3. The van der Waals surface area contributed by atoms with Gasteiger partial charge in [0.15, 0.2) is 5.58 Å². The van der Waals surface area contributed by atoms with Gasteiger partial charge in [0.2, 0.25) is 0 Å². The van der Waals surface area contributed by atoms with E-state index in [0.717, 1.165) is 35.6 Å². The average Bonchev–Trinajstić information content (AvgIpc) is 2.99. The van der Waals surface area contributed by atoms with Crippen molar-refractivity contribution in [1.29, 1.82) is 0 Å². The lowest BCUT2D eigenvalue weighted by Gasteiger charge is -2.30. The summed E-state index contributed by atoms with van der Waals surface area (Å²) in [5.74, 6) is 1.50. The lowest BCUT2D eigenvalue weighted by molar-refractivity contribution is 0.0904. The summed E-state index contributed by atoms with van der Waals surface area (Å²) in [7, 11) is 0. The molecule has 2 saturated heterocycles. The number of carbonyl (C=O) groups is 1. The van der Waals surface area contributed by atoms with E-state index in [0.29, 0.717) is 5.69 Å². The molecular weight excluding hydrogens is 266 g/mol. The van der Waals surface area contributed by atoms with Crippen LogP contribution in [0.5, 0.6) is 0 Å². The standard InChI is InChI=1S/C16H19N3O2/c1-10-4-12-6-14(17-7-15(12)21-10)16(20)18-13-5-11-2-3-19(8-11)9-13/h4,6-7,11,13H,2-3,5,8-9H2,1H3,(H,18,20)/t11-,13+/m0/s1. The maximum absolute atomic E-state index is 12.4. The van der Waals surface area contributed by atoms with Gasteiger partial charge < -0.3 is 14.6 Å². The summed E-state index contributed by atoms with van der Waals surface area (Å²) in [5, 5.41) is 4.06. The van der Waals surface area contributed by atoms with Gasteiger partial charge in [0, 0.05) is 24.5 Å². The summed E-state index contributed by atoms with van der Waals surface area (Å²) < 4.78 is 5.49. The topological polar surface area (TPSA) is 58.4 Å². The molecule has 0 aliphatic carbocycles. The number of fused-ring (bicyclic) bond motifs is 3. The molecule has 21 heavy (non-hydrogen) atoms. The van der Waals surface area contributed by atoms with E-state index < -0.39 is 0 Å². The van der Waals surface area contributed by atoms with Crippen LogP contribution in [0, 0.1) is 12.8 Å². The van der Waals surface area contributed by atoms with Crippen LogP contribution in [0.25, 0.3) is 11.0 Å². The first-order valence-electron chi connectivity index (χ1n) is 7.57. The van der Waals surface area contributed by atoms with E-state index in [2.05, 4.69) is 15.2 Å². The van der Waals surface area contributed by atoms with Crippen molar-refractivity contribution in [2.24, 2.45) is 5.92 Å². The molecule has 0 aromatic carbocycles. The number of nitrogens with one attached hydrogen (secondary N) is 1. The van der Waals surface area contributed by atoms with Crippen LogP contribution in [0.1, 0.15) is 29.1 Å². The lowest BCUT2D eigenvalue weighted by Crippen LogP contribution is -2.47. The predicted octanol–water partition coefficient (Wildman–Crippen LogP) is 1.96. The zero-order valence-corrected chi connectivity index (χ0v) is 12.1. The maximum atomic E-state index is 12.4. The Hall–Kier alpha value is -1.88. The number of furan rings is 1. The maximum Gasteiger partial charge on any atom is 0.270 e. The smallest absolute Gasteiger partial charge is 0.270 e. The predicted molar refractivity (Wildman–Crippen MR) is 79.2 cm³/mol. The molecule has 2 aromatic heterocycles. The number of pyridine rings is 1. The van der Waals surface area contributed by atoms with Crippen LogP contribution in [-0.4, -0.2) is 41.5 Å². The number of carbonyl (C=O) groups excluding carboxylic acids is 1. The van der Waals surface area contributed by atoms with Crippen LogP contribution in [-0.2, 0) is 0 Å². The van der Waals surface area contributed by atoms with E-state index >= 15 is 0 Å². The Bertz CT molecular complexity index is 682. The number of aryl methyl sites for hydroxylation is 1. The van der Waals surface area contributed by atoms with Gasteiger partial charge in [-0.25, -0.2) is 4.98 Å². The van der Waals surface area contributed by atoms with Gasteiger partial charge >= 0.3 is 0 Å². The van der Waals surface area contributed by atoms with E-state index in [-0.39, 0.29) is 11.9 Å². The molecule has 0 spiro atoms. The Morgan fingerprint density at radius 3 is 3.19 bits per heavy atom. The number of aromatic nitrogens is 1. The molecular formula is C16H19N3O2. The fourth-order valence-corrected chi connectivity index (χ4v) is 3.63. The minimum atomic E-state index is -0.0803. The third-order valence-corrected chi connectivity index (χ3v) is 4.56. The average molecular weight is 285 g/mol. The Labute approximate surface area is 123 Å². The molecule has 4 heterocycles. The van der Waals surface area contributed by atoms with Gasteiger partial charge in [-0.1, -0.05) is 0 Å². The van der Waals surface area contributed by atoms with Crippen LogP contribution in [0.3, 0.4) is 0 Å². The second kappa shape index (κ2) is 4.84.